The fourth-order valence-corrected chi connectivity index (χ4v) is 3.00. The van der Waals surface area contributed by atoms with Gasteiger partial charge in [-0.25, -0.2) is 9.37 Å². The van der Waals surface area contributed by atoms with Crippen molar-refractivity contribution < 1.29 is 4.39 Å². The molecule has 3 aromatic rings. The highest BCUT2D eigenvalue weighted by molar-refractivity contribution is 6.32. The third-order valence-electron chi connectivity index (χ3n) is 3.73. The highest BCUT2D eigenvalue weighted by Crippen LogP contribution is 2.36. The number of nitrogens with one attached hydrogen (secondary N) is 1. The van der Waals surface area contributed by atoms with Crippen LogP contribution in [0.3, 0.4) is 0 Å². The van der Waals surface area contributed by atoms with Gasteiger partial charge in [-0.2, -0.15) is 0 Å². The number of hydrogen-bond donors (Lipinski definition) is 1. The minimum atomic E-state index is -0.247. The van der Waals surface area contributed by atoms with Gasteiger partial charge in [-0.15, -0.1) is 0 Å². The van der Waals surface area contributed by atoms with Crippen molar-refractivity contribution in [3.8, 4) is 11.1 Å². The van der Waals surface area contributed by atoms with E-state index in [1.807, 2.05) is 31.2 Å². The second-order valence-electron chi connectivity index (χ2n) is 5.97. The number of anilines is 1. The van der Waals surface area contributed by atoms with Gasteiger partial charge in [-0.05, 0) is 61.5 Å². The molecule has 0 aliphatic heterocycles. The van der Waals surface area contributed by atoms with Gasteiger partial charge < -0.3 is 5.32 Å². The lowest BCUT2D eigenvalue weighted by atomic mass is 9.95. The second-order valence-corrected chi connectivity index (χ2v) is 6.41. The van der Waals surface area contributed by atoms with E-state index < -0.39 is 0 Å². The van der Waals surface area contributed by atoms with Crippen LogP contribution in [0.25, 0.3) is 21.9 Å². The van der Waals surface area contributed by atoms with E-state index in [0.29, 0.717) is 10.6 Å². The molecule has 23 heavy (non-hydrogen) atoms. The SMILES string of the molecule is Cc1cccc(F)c1-c1cc(Cl)cc2cnc(NC(C)C)cc12. The third kappa shape index (κ3) is 3.15. The van der Waals surface area contributed by atoms with Gasteiger partial charge in [0.15, 0.2) is 0 Å². The molecule has 0 aliphatic rings. The maximum atomic E-state index is 14.4. The molecule has 0 amide bonds. The Kier molecular flexibility index (Phi) is 4.22. The average molecular weight is 329 g/mol. The smallest absolute Gasteiger partial charge is 0.131 e. The minimum absolute atomic E-state index is 0.247. The number of aryl methyl sites for hydroxylation is 1. The number of rotatable bonds is 3. The van der Waals surface area contributed by atoms with Crippen LogP contribution in [0.5, 0.6) is 0 Å². The summed E-state index contributed by atoms with van der Waals surface area (Å²) >= 11 is 6.24. The topological polar surface area (TPSA) is 24.9 Å². The summed E-state index contributed by atoms with van der Waals surface area (Å²) in [7, 11) is 0. The normalized spacial score (nSPS) is 11.2. The number of aromatic nitrogens is 1. The Bertz CT molecular complexity index is 854. The predicted molar refractivity (Wildman–Crippen MR) is 95.6 cm³/mol. The number of hydrogen-bond acceptors (Lipinski definition) is 2. The molecule has 0 fully saturated rings. The van der Waals surface area contributed by atoms with E-state index in [2.05, 4.69) is 24.1 Å². The Hall–Kier alpha value is -2.13. The lowest BCUT2D eigenvalue weighted by Gasteiger charge is -2.14. The first-order valence-corrected chi connectivity index (χ1v) is 7.95. The van der Waals surface area contributed by atoms with Crippen LogP contribution in [-0.2, 0) is 0 Å². The van der Waals surface area contributed by atoms with Gasteiger partial charge in [0, 0.05) is 28.2 Å². The van der Waals surface area contributed by atoms with E-state index >= 15 is 0 Å². The molecule has 1 heterocycles. The van der Waals surface area contributed by atoms with E-state index in [1.165, 1.54) is 6.07 Å². The lowest BCUT2D eigenvalue weighted by Crippen LogP contribution is -2.10. The monoisotopic (exact) mass is 328 g/mol. The minimum Gasteiger partial charge on any atom is -0.368 e. The summed E-state index contributed by atoms with van der Waals surface area (Å²) < 4.78 is 14.4. The molecule has 1 N–H and O–H groups in total. The summed E-state index contributed by atoms with van der Waals surface area (Å²) in [6, 6.07) is 11.0. The molecule has 3 rings (SSSR count). The Morgan fingerprint density at radius 1 is 1.17 bits per heavy atom. The molecular formula is C19H18ClFN2. The summed E-state index contributed by atoms with van der Waals surface area (Å²) in [6.45, 7) is 6.00. The molecule has 1 aromatic heterocycles. The summed E-state index contributed by atoms with van der Waals surface area (Å²) in [5.74, 6) is 0.522. The Labute approximate surface area is 140 Å². The first kappa shape index (κ1) is 15.8. The third-order valence-corrected chi connectivity index (χ3v) is 3.95. The molecular weight excluding hydrogens is 311 g/mol. The molecule has 4 heteroatoms. The molecule has 2 nitrogen and oxygen atoms in total. The zero-order valence-corrected chi connectivity index (χ0v) is 14.1. The molecule has 0 aliphatic carbocycles. The highest BCUT2D eigenvalue weighted by atomic mass is 35.5. The molecule has 0 spiro atoms. The van der Waals surface area contributed by atoms with Crippen molar-refractivity contribution in [1.82, 2.24) is 4.98 Å². The van der Waals surface area contributed by atoms with Crippen LogP contribution in [0, 0.1) is 12.7 Å². The molecule has 0 saturated heterocycles. The Morgan fingerprint density at radius 2 is 1.96 bits per heavy atom. The summed E-state index contributed by atoms with van der Waals surface area (Å²) in [5, 5.41) is 5.68. The van der Waals surface area contributed by atoms with Crippen molar-refractivity contribution in [3.63, 3.8) is 0 Å². The molecule has 0 bridgehead atoms. The molecule has 0 atom stereocenters. The van der Waals surface area contributed by atoms with Crippen LogP contribution in [0.4, 0.5) is 10.2 Å². The van der Waals surface area contributed by atoms with Gasteiger partial charge in [0.25, 0.3) is 0 Å². The summed E-state index contributed by atoms with van der Waals surface area (Å²) in [5.41, 5.74) is 2.25. The van der Waals surface area contributed by atoms with E-state index in [4.69, 9.17) is 11.6 Å². The quantitative estimate of drug-likeness (QED) is 0.655. The highest BCUT2D eigenvalue weighted by Gasteiger charge is 2.13. The number of benzene rings is 2. The fourth-order valence-electron chi connectivity index (χ4n) is 2.77. The van der Waals surface area contributed by atoms with Crippen LogP contribution >= 0.6 is 11.6 Å². The average Bonchev–Trinajstić information content (AvgIpc) is 2.47. The first-order chi connectivity index (χ1) is 11.0. The van der Waals surface area contributed by atoms with Crippen LogP contribution in [0.2, 0.25) is 5.02 Å². The van der Waals surface area contributed by atoms with E-state index in [0.717, 1.165) is 27.7 Å². The van der Waals surface area contributed by atoms with Gasteiger partial charge in [0.05, 0.1) is 0 Å². The van der Waals surface area contributed by atoms with Crippen molar-refractivity contribution in [1.29, 1.82) is 0 Å². The molecule has 0 radical (unpaired) electrons. The largest absolute Gasteiger partial charge is 0.368 e. The fraction of sp³-hybridized carbons (Fsp3) is 0.211. The van der Waals surface area contributed by atoms with Gasteiger partial charge in [-0.1, -0.05) is 23.7 Å². The number of halogens is 2. The van der Waals surface area contributed by atoms with Crippen molar-refractivity contribution >= 4 is 28.2 Å². The van der Waals surface area contributed by atoms with Gasteiger partial charge >= 0.3 is 0 Å². The first-order valence-electron chi connectivity index (χ1n) is 7.57. The summed E-state index contributed by atoms with van der Waals surface area (Å²) in [6.07, 6.45) is 1.77. The standard InChI is InChI=1S/C19H18ClFN2/c1-11(2)23-18-9-15-13(10-22-18)7-14(20)8-16(15)19-12(3)5-4-6-17(19)21/h4-11H,1-3H3,(H,22,23). The van der Waals surface area contributed by atoms with Crippen LogP contribution in [0.1, 0.15) is 19.4 Å². The van der Waals surface area contributed by atoms with Crippen molar-refractivity contribution in [3.05, 3.63) is 59.0 Å². The van der Waals surface area contributed by atoms with Crippen molar-refractivity contribution in [2.24, 2.45) is 0 Å². The molecule has 2 aromatic carbocycles. The van der Waals surface area contributed by atoms with Crippen LogP contribution < -0.4 is 5.32 Å². The Balaban J connectivity index is 2.30. The zero-order valence-electron chi connectivity index (χ0n) is 13.3. The lowest BCUT2D eigenvalue weighted by molar-refractivity contribution is 0.630. The summed E-state index contributed by atoms with van der Waals surface area (Å²) in [4.78, 5) is 4.40. The maximum absolute atomic E-state index is 14.4. The van der Waals surface area contributed by atoms with Crippen LogP contribution in [-0.4, -0.2) is 11.0 Å². The van der Waals surface area contributed by atoms with Crippen molar-refractivity contribution in [2.45, 2.75) is 26.8 Å². The number of pyridine rings is 1. The number of fused-ring (bicyclic) bond motifs is 1. The predicted octanol–water partition coefficient (Wildman–Crippen LogP) is 5.82. The van der Waals surface area contributed by atoms with E-state index in [-0.39, 0.29) is 11.9 Å². The van der Waals surface area contributed by atoms with Gasteiger partial charge in [0.1, 0.15) is 11.6 Å². The molecule has 0 saturated carbocycles. The maximum Gasteiger partial charge on any atom is 0.131 e. The van der Waals surface area contributed by atoms with Gasteiger partial charge in [0.2, 0.25) is 0 Å². The van der Waals surface area contributed by atoms with Crippen molar-refractivity contribution in [2.75, 3.05) is 5.32 Å². The van der Waals surface area contributed by atoms with Crippen LogP contribution in [0.15, 0.2) is 42.6 Å². The second kappa shape index (κ2) is 6.17. The molecule has 0 unspecified atom stereocenters. The zero-order chi connectivity index (χ0) is 16.6. The van der Waals surface area contributed by atoms with E-state index in [1.54, 1.807) is 12.3 Å². The molecule has 118 valence electrons. The number of nitrogens with zero attached hydrogens (tertiary/aromatic N) is 1. The van der Waals surface area contributed by atoms with E-state index in [9.17, 15) is 4.39 Å². The van der Waals surface area contributed by atoms with Gasteiger partial charge in [-0.3, -0.25) is 0 Å². The Morgan fingerprint density at radius 3 is 2.65 bits per heavy atom.